The van der Waals surface area contributed by atoms with E-state index in [0.717, 1.165) is 0 Å². The molecule has 13 nitrogen and oxygen atoms in total. The second-order valence-electron chi connectivity index (χ2n) is 15.0. The van der Waals surface area contributed by atoms with E-state index < -0.39 is 40.5 Å². The van der Waals surface area contributed by atoms with Gasteiger partial charge in [-0.1, -0.05) is 17.7 Å². The molecule has 0 saturated carbocycles. The Labute approximate surface area is 313 Å². The smallest absolute Gasteiger partial charge is 0.412 e. The van der Waals surface area contributed by atoms with Crippen molar-refractivity contribution >= 4 is 52.2 Å². The number of hydrogen-bond donors (Lipinski definition) is 3. The molecular formula is C39H46ClN3O10. The Morgan fingerprint density at radius 1 is 0.698 bits per heavy atom. The zero-order chi connectivity index (χ0) is 39.5. The second-order valence-corrected chi connectivity index (χ2v) is 15.4. The van der Waals surface area contributed by atoms with Crippen molar-refractivity contribution in [2.75, 3.05) is 24.9 Å². The van der Waals surface area contributed by atoms with Crippen LogP contribution in [0.4, 0.5) is 25.8 Å². The van der Waals surface area contributed by atoms with Gasteiger partial charge < -0.3 is 33.4 Å². The first-order chi connectivity index (χ1) is 24.6. The number of alkyl carbamates (subject to hydrolysis) is 1. The van der Waals surface area contributed by atoms with E-state index in [1.165, 1.54) is 14.2 Å². The molecule has 1 heterocycles. The van der Waals surface area contributed by atoms with Crippen LogP contribution in [0.15, 0.2) is 57.7 Å². The van der Waals surface area contributed by atoms with E-state index in [2.05, 4.69) is 16.0 Å². The van der Waals surface area contributed by atoms with Crippen LogP contribution in [0, 0.1) is 0 Å². The van der Waals surface area contributed by atoms with Gasteiger partial charge in [0.25, 0.3) is 0 Å². The normalized spacial score (nSPS) is 11.8. The average molecular weight is 752 g/mol. The van der Waals surface area contributed by atoms with Crippen molar-refractivity contribution in [2.45, 2.75) is 85.7 Å². The van der Waals surface area contributed by atoms with Crippen LogP contribution in [0.3, 0.4) is 0 Å². The first-order valence-electron chi connectivity index (χ1n) is 16.7. The number of methoxy groups -OCH3 is 2. The number of fused-ring (bicyclic) bond motifs is 1. The average Bonchev–Trinajstić information content (AvgIpc) is 3.01. The van der Waals surface area contributed by atoms with Crippen LogP contribution in [0.5, 0.6) is 11.5 Å². The number of benzene rings is 3. The van der Waals surface area contributed by atoms with Crippen molar-refractivity contribution in [3.63, 3.8) is 0 Å². The van der Waals surface area contributed by atoms with E-state index in [1.807, 2.05) is 0 Å². The Balaban J connectivity index is 1.97. The molecule has 14 heteroatoms. The Bertz CT molecular complexity index is 2090. The molecule has 0 radical (unpaired) electrons. The molecular weight excluding hydrogens is 706 g/mol. The third kappa shape index (κ3) is 10.8. The summed E-state index contributed by atoms with van der Waals surface area (Å²) >= 11 is 6.45. The molecule has 284 valence electrons. The maximum atomic E-state index is 14.2. The van der Waals surface area contributed by atoms with E-state index in [1.54, 1.807) is 111 Å². The van der Waals surface area contributed by atoms with E-state index in [9.17, 15) is 19.2 Å². The largest absolute Gasteiger partial charge is 0.495 e. The van der Waals surface area contributed by atoms with Gasteiger partial charge in [-0.2, -0.15) is 0 Å². The molecule has 0 aliphatic heterocycles. The monoisotopic (exact) mass is 751 g/mol. The summed E-state index contributed by atoms with van der Waals surface area (Å²) in [6.07, 6.45) is -2.19. The van der Waals surface area contributed by atoms with Gasteiger partial charge in [0.1, 0.15) is 28.1 Å². The first-order valence-corrected chi connectivity index (χ1v) is 17.1. The van der Waals surface area contributed by atoms with Crippen molar-refractivity contribution in [3.8, 4) is 33.9 Å². The highest BCUT2D eigenvalue weighted by Crippen LogP contribution is 2.40. The van der Waals surface area contributed by atoms with Gasteiger partial charge in [-0.05, 0) is 116 Å². The number of halogens is 1. The standard InChI is InChI=1S/C39H46ClN3O10/c1-37(2,3)51-34(45)41-20-21-16-24(32-25(17-21)30(44)33(49-11)31(50-32)23-13-15-29(48-10)26(40)18-23)22-12-14-27(42-35(46)52-38(4,5)6)28(19-22)43-36(47)53-39(7,8)9/h12-19H,20H2,1-11H3,(H,41,45)(H,42,46)(H,43,47). The molecule has 4 rings (SSSR count). The van der Waals surface area contributed by atoms with Crippen molar-refractivity contribution in [2.24, 2.45) is 0 Å². The Kier molecular flexibility index (Phi) is 11.9. The van der Waals surface area contributed by atoms with Crippen LogP contribution in [0.2, 0.25) is 5.02 Å². The van der Waals surface area contributed by atoms with Crippen LogP contribution in [-0.4, -0.2) is 49.3 Å². The Hall–Kier alpha value is -5.43. The quantitative estimate of drug-likeness (QED) is 0.148. The molecule has 0 spiro atoms. The number of hydrogen-bond acceptors (Lipinski definition) is 10. The summed E-state index contributed by atoms with van der Waals surface area (Å²) in [5.74, 6) is 0.447. The van der Waals surface area contributed by atoms with Crippen molar-refractivity contribution in [3.05, 3.63) is 69.3 Å². The minimum absolute atomic E-state index is 0.0171. The fraction of sp³-hybridized carbons (Fsp3) is 0.385. The van der Waals surface area contributed by atoms with Gasteiger partial charge in [-0.25, -0.2) is 14.4 Å². The number of amides is 3. The van der Waals surface area contributed by atoms with E-state index in [4.69, 9.17) is 39.7 Å². The molecule has 0 bridgehead atoms. The summed E-state index contributed by atoms with van der Waals surface area (Å²) in [5.41, 5.74) is -0.495. The summed E-state index contributed by atoms with van der Waals surface area (Å²) in [4.78, 5) is 52.6. The van der Waals surface area contributed by atoms with Crippen LogP contribution in [0.1, 0.15) is 67.9 Å². The van der Waals surface area contributed by atoms with Gasteiger partial charge in [0.2, 0.25) is 11.2 Å². The molecule has 0 unspecified atom stereocenters. The molecule has 0 fully saturated rings. The van der Waals surface area contributed by atoms with Gasteiger partial charge >= 0.3 is 18.3 Å². The molecule has 3 amide bonds. The third-order valence-corrected chi connectivity index (χ3v) is 7.36. The molecule has 53 heavy (non-hydrogen) atoms. The molecule has 0 aliphatic carbocycles. The molecule has 0 atom stereocenters. The van der Waals surface area contributed by atoms with Gasteiger partial charge in [-0.15, -0.1) is 0 Å². The summed E-state index contributed by atoms with van der Waals surface area (Å²) in [7, 11) is 2.84. The summed E-state index contributed by atoms with van der Waals surface area (Å²) in [6, 6.07) is 13.0. The van der Waals surface area contributed by atoms with E-state index in [-0.39, 0.29) is 45.4 Å². The van der Waals surface area contributed by atoms with Crippen molar-refractivity contribution in [1.29, 1.82) is 0 Å². The van der Waals surface area contributed by atoms with Crippen LogP contribution in [0.25, 0.3) is 33.4 Å². The fourth-order valence-corrected chi connectivity index (χ4v) is 5.34. The summed E-state index contributed by atoms with van der Waals surface area (Å²) < 4.78 is 33.7. The highest BCUT2D eigenvalue weighted by Gasteiger charge is 2.25. The number of anilines is 2. The minimum atomic E-state index is -0.824. The predicted molar refractivity (Wildman–Crippen MR) is 204 cm³/mol. The summed E-state index contributed by atoms with van der Waals surface area (Å²) in [6.45, 7) is 15.5. The summed E-state index contributed by atoms with van der Waals surface area (Å²) in [5, 5.41) is 8.53. The number of ether oxygens (including phenoxy) is 5. The van der Waals surface area contributed by atoms with Gasteiger partial charge in [0, 0.05) is 17.7 Å². The third-order valence-electron chi connectivity index (χ3n) is 7.07. The number of carbonyl (C=O) groups excluding carboxylic acids is 3. The topological polar surface area (TPSA) is 164 Å². The van der Waals surface area contributed by atoms with E-state index in [0.29, 0.717) is 28.0 Å². The number of rotatable bonds is 8. The number of nitrogens with one attached hydrogen (secondary N) is 3. The van der Waals surface area contributed by atoms with Crippen LogP contribution >= 0.6 is 11.6 Å². The zero-order valence-corrected chi connectivity index (χ0v) is 32.5. The molecule has 4 aromatic rings. The molecule has 3 aromatic carbocycles. The Morgan fingerprint density at radius 3 is 1.81 bits per heavy atom. The maximum Gasteiger partial charge on any atom is 0.412 e. The maximum absolute atomic E-state index is 14.2. The fourth-order valence-electron chi connectivity index (χ4n) is 5.08. The van der Waals surface area contributed by atoms with Crippen molar-refractivity contribution in [1.82, 2.24) is 5.32 Å². The highest BCUT2D eigenvalue weighted by atomic mass is 35.5. The number of carbonyl (C=O) groups is 3. The second kappa shape index (κ2) is 15.7. The van der Waals surface area contributed by atoms with E-state index >= 15 is 0 Å². The molecule has 0 saturated heterocycles. The van der Waals surface area contributed by atoms with Crippen molar-refractivity contribution < 1.29 is 42.5 Å². The highest BCUT2D eigenvalue weighted by molar-refractivity contribution is 6.32. The van der Waals surface area contributed by atoms with Gasteiger partial charge in [0.05, 0.1) is 36.0 Å². The van der Waals surface area contributed by atoms with Crippen LogP contribution in [-0.2, 0) is 20.8 Å². The van der Waals surface area contributed by atoms with Crippen LogP contribution < -0.4 is 30.9 Å². The Morgan fingerprint density at radius 2 is 1.26 bits per heavy atom. The molecule has 1 aromatic heterocycles. The lowest BCUT2D eigenvalue weighted by molar-refractivity contribution is 0.0521. The predicted octanol–water partition coefficient (Wildman–Crippen LogP) is 9.52. The molecule has 0 aliphatic rings. The lowest BCUT2D eigenvalue weighted by Crippen LogP contribution is -2.32. The lowest BCUT2D eigenvalue weighted by atomic mass is 9.97. The van der Waals surface area contributed by atoms with Gasteiger partial charge in [-0.3, -0.25) is 15.4 Å². The SMILES string of the molecule is COc1ccc(-c2oc3c(-c4ccc(NC(=O)OC(C)(C)C)c(NC(=O)OC(C)(C)C)c4)cc(CNC(=O)OC(C)(C)C)cc3c(=O)c2OC)cc1Cl. The first kappa shape index (κ1) is 40.3. The van der Waals surface area contributed by atoms with Gasteiger partial charge in [0.15, 0.2) is 5.76 Å². The molecule has 3 N–H and O–H groups in total. The lowest BCUT2D eigenvalue weighted by Gasteiger charge is -2.22. The zero-order valence-electron chi connectivity index (χ0n) is 31.8. The minimum Gasteiger partial charge on any atom is -0.495 e.